The Morgan fingerprint density at radius 2 is 2.40 bits per heavy atom. The number of carbonyl (C=O) groups is 1. The molecule has 0 fully saturated rings. The Morgan fingerprint density at radius 1 is 1.90 bits per heavy atom. The van der Waals surface area contributed by atoms with Gasteiger partial charge in [0.1, 0.15) is 6.04 Å². The largest absolute Gasteiger partial charge is 0.480 e. The zero-order valence-corrected chi connectivity index (χ0v) is 5.92. The maximum absolute atomic E-state index is 10.2. The molecule has 56 valence electrons. The van der Waals surface area contributed by atoms with Gasteiger partial charge in [-0.1, -0.05) is 6.58 Å². The van der Waals surface area contributed by atoms with Crippen LogP contribution in [0.5, 0.6) is 0 Å². The van der Waals surface area contributed by atoms with Crippen molar-refractivity contribution >= 4 is 5.97 Å². The first-order chi connectivity index (χ1) is 4.57. The number of nitrogens with two attached hydrogens (primary N) is 1. The van der Waals surface area contributed by atoms with Gasteiger partial charge in [0, 0.05) is 6.42 Å². The van der Waals surface area contributed by atoms with Crippen molar-refractivity contribution in [3.8, 4) is 0 Å². The van der Waals surface area contributed by atoms with E-state index in [4.69, 9.17) is 10.8 Å². The third kappa shape index (κ3) is 3.07. The van der Waals surface area contributed by atoms with E-state index in [1.807, 2.05) is 0 Å². The average Bonchev–Trinajstić information content (AvgIpc) is 1.87. The zero-order chi connectivity index (χ0) is 8.15. The highest BCUT2D eigenvalue weighted by atomic mass is 16.4. The van der Waals surface area contributed by atoms with Crippen LogP contribution in [-0.4, -0.2) is 17.1 Å². The predicted octanol–water partition coefficient (Wildman–Crippen LogP) is 0.520. The van der Waals surface area contributed by atoms with E-state index in [0.717, 1.165) is 5.57 Å². The van der Waals surface area contributed by atoms with Crippen LogP contribution in [0.15, 0.2) is 17.9 Å². The molecule has 0 radical (unpaired) electrons. The first kappa shape index (κ1) is 8.95. The van der Waals surface area contributed by atoms with Crippen molar-refractivity contribution in [2.75, 3.05) is 0 Å². The van der Waals surface area contributed by atoms with Gasteiger partial charge in [0.25, 0.3) is 0 Å². The summed E-state index contributed by atoms with van der Waals surface area (Å²) in [6, 6.07) is -0.825. The molecule has 0 aromatic heterocycles. The van der Waals surface area contributed by atoms with E-state index >= 15 is 0 Å². The molecule has 3 N–H and O–H groups in total. The van der Waals surface area contributed by atoms with Crippen LogP contribution in [-0.2, 0) is 4.79 Å². The molecule has 0 bridgehead atoms. The molecule has 0 saturated heterocycles. The third-order valence-electron chi connectivity index (χ3n) is 1.15. The molecule has 0 amide bonds. The molecule has 3 heteroatoms. The van der Waals surface area contributed by atoms with E-state index < -0.39 is 12.0 Å². The fourth-order valence-electron chi connectivity index (χ4n) is 0.489. The lowest BCUT2D eigenvalue weighted by Gasteiger charge is -2.02. The van der Waals surface area contributed by atoms with E-state index in [2.05, 4.69) is 12.3 Å². The molecule has 0 saturated carbocycles. The minimum atomic E-state index is -0.991. The molecule has 0 heterocycles. The quantitative estimate of drug-likeness (QED) is 0.563. The number of rotatable bonds is 3. The van der Waals surface area contributed by atoms with Gasteiger partial charge in [-0.15, -0.1) is 5.73 Å². The molecule has 0 rings (SSSR count). The van der Waals surface area contributed by atoms with Crippen LogP contribution in [0.4, 0.5) is 0 Å². The van der Waals surface area contributed by atoms with Crippen LogP contribution in [0.25, 0.3) is 0 Å². The summed E-state index contributed by atoms with van der Waals surface area (Å²) in [5.41, 5.74) is 8.55. The van der Waals surface area contributed by atoms with Crippen LogP contribution in [0.1, 0.15) is 13.3 Å². The predicted molar refractivity (Wildman–Crippen MR) is 38.6 cm³/mol. The Labute approximate surface area is 59.8 Å². The summed E-state index contributed by atoms with van der Waals surface area (Å²) in [5.74, 6) is -0.991. The van der Waals surface area contributed by atoms with Gasteiger partial charge in [-0.25, -0.2) is 0 Å². The minimum Gasteiger partial charge on any atom is -0.480 e. The summed E-state index contributed by atoms with van der Waals surface area (Å²) in [4.78, 5) is 10.2. The van der Waals surface area contributed by atoms with Gasteiger partial charge in [0.15, 0.2) is 0 Å². The highest BCUT2D eigenvalue weighted by molar-refractivity contribution is 5.73. The maximum atomic E-state index is 10.2. The third-order valence-corrected chi connectivity index (χ3v) is 1.15. The van der Waals surface area contributed by atoms with E-state index in [1.54, 1.807) is 6.92 Å². The molecule has 3 nitrogen and oxygen atoms in total. The molecule has 0 aromatic rings. The molecule has 1 unspecified atom stereocenters. The molecule has 0 aromatic carbocycles. The number of aliphatic carboxylic acids is 1. The Bertz CT molecular complexity index is 180. The Kier molecular flexibility index (Phi) is 3.47. The summed E-state index contributed by atoms with van der Waals surface area (Å²) < 4.78 is 0. The number of hydrogen-bond acceptors (Lipinski definition) is 2. The normalized spacial score (nSPS) is 11.8. The highest BCUT2D eigenvalue weighted by Gasteiger charge is 2.10. The summed E-state index contributed by atoms with van der Waals surface area (Å²) in [5, 5.41) is 8.34. The van der Waals surface area contributed by atoms with Crippen LogP contribution in [0, 0.1) is 0 Å². The van der Waals surface area contributed by atoms with Crippen molar-refractivity contribution in [2.45, 2.75) is 19.4 Å². The lowest BCUT2D eigenvalue weighted by molar-refractivity contribution is -0.138. The molecule has 0 spiro atoms. The summed E-state index contributed by atoms with van der Waals surface area (Å²) >= 11 is 0. The highest BCUT2D eigenvalue weighted by Crippen LogP contribution is 1.99. The van der Waals surface area contributed by atoms with Crippen molar-refractivity contribution in [1.82, 2.24) is 0 Å². The second kappa shape index (κ2) is 3.88. The Balaban J connectivity index is 3.91. The van der Waals surface area contributed by atoms with Gasteiger partial charge in [-0.05, 0) is 12.5 Å². The second-order valence-electron chi connectivity index (χ2n) is 2.11. The van der Waals surface area contributed by atoms with E-state index in [9.17, 15) is 4.79 Å². The molecule has 0 aliphatic rings. The van der Waals surface area contributed by atoms with Gasteiger partial charge in [-0.2, -0.15) is 0 Å². The zero-order valence-electron chi connectivity index (χ0n) is 5.92. The van der Waals surface area contributed by atoms with E-state index in [0.29, 0.717) is 6.42 Å². The molecule has 0 aliphatic heterocycles. The summed E-state index contributed by atoms with van der Waals surface area (Å²) in [6.45, 7) is 5.11. The smallest absolute Gasteiger partial charge is 0.320 e. The van der Waals surface area contributed by atoms with E-state index in [1.165, 1.54) is 0 Å². The molecular formula is C7H11NO2. The SMILES string of the molecule is C=C=C(C)CC(N)C(=O)O. The van der Waals surface area contributed by atoms with E-state index in [-0.39, 0.29) is 0 Å². The van der Waals surface area contributed by atoms with Crippen molar-refractivity contribution in [3.05, 3.63) is 17.9 Å². The maximum Gasteiger partial charge on any atom is 0.320 e. The Morgan fingerprint density at radius 3 is 2.70 bits per heavy atom. The topological polar surface area (TPSA) is 63.3 Å². The van der Waals surface area contributed by atoms with Crippen LogP contribution in [0.3, 0.4) is 0 Å². The number of hydrogen-bond donors (Lipinski definition) is 2. The average molecular weight is 141 g/mol. The first-order valence-corrected chi connectivity index (χ1v) is 2.92. The van der Waals surface area contributed by atoms with Gasteiger partial charge in [-0.3, -0.25) is 4.79 Å². The molecule has 0 aliphatic carbocycles. The lowest BCUT2D eigenvalue weighted by Crippen LogP contribution is -2.29. The van der Waals surface area contributed by atoms with Crippen molar-refractivity contribution in [2.24, 2.45) is 5.73 Å². The van der Waals surface area contributed by atoms with Crippen LogP contribution < -0.4 is 5.73 Å². The van der Waals surface area contributed by atoms with Gasteiger partial charge >= 0.3 is 5.97 Å². The second-order valence-corrected chi connectivity index (χ2v) is 2.11. The molecular weight excluding hydrogens is 130 g/mol. The monoisotopic (exact) mass is 141 g/mol. The number of carboxylic acid groups (broad SMARTS) is 1. The summed E-state index contributed by atoms with van der Waals surface area (Å²) in [7, 11) is 0. The van der Waals surface area contributed by atoms with Crippen molar-refractivity contribution in [3.63, 3.8) is 0 Å². The van der Waals surface area contributed by atoms with Crippen molar-refractivity contribution in [1.29, 1.82) is 0 Å². The van der Waals surface area contributed by atoms with Crippen LogP contribution in [0.2, 0.25) is 0 Å². The van der Waals surface area contributed by atoms with Gasteiger partial charge < -0.3 is 10.8 Å². The molecule has 1 atom stereocenters. The molecule has 10 heavy (non-hydrogen) atoms. The summed E-state index contributed by atoms with van der Waals surface area (Å²) in [6.07, 6.45) is 0.318. The number of carboxylic acids is 1. The minimum absolute atomic E-state index is 0.318. The van der Waals surface area contributed by atoms with Crippen LogP contribution >= 0.6 is 0 Å². The standard InChI is InChI=1S/C7H11NO2/c1-3-5(2)4-6(8)7(9)10/h6H,1,4,8H2,2H3,(H,9,10). The fourth-order valence-corrected chi connectivity index (χ4v) is 0.489. The van der Waals surface area contributed by atoms with Crippen molar-refractivity contribution < 1.29 is 9.90 Å². The van der Waals surface area contributed by atoms with Gasteiger partial charge in [0.2, 0.25) is 0 Å². The first-order valence-electron chi connectivity index (χ1n) is 2.92. The fraction of sp³-hybridized carbons (Fsp3) is 0.429. The lowest BCUT2D eigenvalue weighted by atomic mass is 10.1. The Hall–Kier alpha value is -1.05. The van der Waals surface area contributed by atoms with Gasteiger partial charge in [0.05, 0.1) is 0 Å².